The first-order chi connectivity index (χ1) is 9.63. The van der Waals surface area contributed by atoms with Crippen molar-refractivity contribution in [3.8, 4) is 0 Å². The van der Waals surface area contributed by atoms with E-state index < -0.39 is 12.0 Å². The van der Waals surface area contributed by atoms with E-state index in [1.807, 2.05) is 24.4 Å². The molecule has 6 heteroatoms. The van der Waals surface area contributed by atoms with E-state index in [9.17, 15) is 14.7 Å². The van der Waals surface area contributed by atoms with Crippen molar-refractivity contribution < 1.29 is 14.7 Å². The molecule has 5 nitrogen and oxygen atoms in total. The summed E-state index contributed by atoms with van der Waals surface area (Å²) in [5.74, 6) is -0.913. The molecule has 1 fully saturated rings. The number of nitrogens with one attached hydrogen (secondary N) is 1. The van der Waals surface area contributed by atoms with Gasteiger partial charge in [-0.3, -0.25) is 0 Å². The van der Waals surface area contributed by atoms with Crippen molar-refractivity contribution in [2.24, 2.45) is 0 Å². The first-order valence-corrected chi connectivity index (χ1v) is 7.84. The molecule has 0 aromatic carbocycles. The van der Waals surface area contributed by atoms with Crippen LogP contribution in [0.3, 0.4) is 0 Å². The molecule has 2 heterocycles. The maximum absolute atomic E-state index is 12.3. The summed E-state index contributed by atoms with van der Waals surface area (Å²) in [6.45, 7) is 2.53. The predicted octanol–water partition coefficient (Wildman–Crippen LogP) is 2.85. The van der Waals surface area contributed by atoms with Crippen molar-refractivity contribution >= 4 is 23.3 Å². The Hall–Kier alpha value is -1.56. The molecule has 110 valence electrons. The lowest BCUT2D eigenvalue weighted by molar-refractivity contribution is -0.143. The van der Waals surface area contributed by atoms with Gasteiger partial charge < -0.3 is 15.3 Å². The molecule has 1 saturated heterocycles. The van der Waals surface area contributed by atoms with Crippen LogP contribution in [0.15, 0.2) is 17.5 Å². The molecule has 0 saturated carbocycles. The predicted molar refractivity (Wildman–Crippen MR) is 77.9 cm³/mol. The van der Waals surface area contributed by atoms with E-state index >= 15 is 0 Å². The van der Waals surface area contributed by atoms with Crippen molar-refractivity contribution in [1.82, 2.24) is 10.2 Å². The summed E-state index contributed by atoms with van der Waals surface area (Å²) >= 11 is 1.60. The summed E-state index contributed by atoms with van der Waals surface area (Å²) in [5, 5.41) is 14.1. The zero-order chi connectivity index (χ0) is 14.5. The molecule has 0 bridgehead atoms. The lowest BCUT2D eigenvalue weighted by Gasteiger charge is -2.34. The van der Waals surface area contributed by atoms with Crippen LogP contribution in [0.1, 0.15) is 43.5 Å². The molecule has 1 aromatic heterocycles. The summed E-state index contributed by atoms with van der Waals surface area (Å²) in [6, 6.07) is 2.94. The van der Waals surface area contributed by atoms with Crippen LogP contribution in [-0.4, -0.2) is 34.6 Å². The fraction of sp³-hybridized carbons (Fsp3) is 0.571. The Labute approximate surface area is 122 Å². The highest BCUT2D eigenvalue weighted by Crippen LogP contribution is 2.23. The number of carboxylic acids is 1. The maximum atomic E-state index is 12.3. The van der Waals surface area contributed by atoms with Crippen LogP contribution < -0.4 is 5.32 Å². The number of carbonyl (C=O) groups is 2. The minimum Gasteiger partial charge on any atom is -0.480 e. The Morgan fingerprint density at radius 2 is 2.35 bits per heavy atom. The molecular weight excluding hydrogens is 276 g/mol. The third kappa shape index (κ3) is 3.30. The third-order valence-electron chi connectivity index (χ3n) is 3.64. The van der Waals surface area contributed by atoms with E-state index in [1.165, 1.54) is 4.90 Å². The molecule has 1 aliphatic rings. The normalized spacial score (nSPS) is 20.4. The quantitative estimate of drug-likeness (QED) is 0.897. The van der Waals surface area contributed by atoms with Crippen molar-refractivity contribution in [2.45, 2.75) is 44.7 Å². The molecule has 2 N–H and O–H groups in total. The number of hydrogen-bond acceptors (Lipinski definition) is 3. The van der Waals surface area contributed by atoms with Gasteiger partial charge >= 0.3 is 12.0 Å². The summed E-state index contributed by atoms with van der Waals surface area (Å²) in [6.07, 6.45) is 3.06. The number of thiophene rings is 1. The highest BCUT2D eigenvalue weighted by molar-refractivity contribution is 7.10. The number of likely N-dealkylation sites (tertiary alicyclic amines) is 1. The highest BCUT2D eigenvalue weighted by atomic mass is 32.1. The lowest BCUT2D eigenvalue weighted by Crippen LogP contribution is -2.52. The van der Waals surface area contributed by atoms with Crippen molar-refractivity contribution in [3.63, 3.8) is 0 Å². The fourth-order valence-electron chi connectivity index (χ4n) is 2.53. The van der Waals surface area contributed by atoms with Crippen molar-refractivity contribution in [1.29, 1.82) is 0 Å². The Bertz CT molecular complexity index is 461. The van der Waals surface area contributed by atoms with Gasteiger partial charge in [0.15, 0.2) is 0 Å². The summed E-state index contributed by atoms with van der Waals surface area (Å²) in [5.41, 5.74) is 0. The van der Waals surface area contributed by atoms with Crippen molar-refractivity contribution in [2.75, 3.05) is 6.54 Å². The van der Waals surface area contributed by atoms with Crippen LogP contribution in [0.2, 0.25) is 0 Å². The largest absolute Gasteiger partial charge is 0.480 e. The lowest BCUT2D eigenvalue weighted by atomic mass is 10.0. The van der Waals surface area contributed by atoms with Gasteiger partial charge in [0.2, 0.25) is 0 Å². The maximum Gasteiger partial charge on any atom is 0.326 e. The molecule has 20 heavy (non-hydrogen) atoms. The van der Waals surface area contributed by atoms with Gasteiger partial charge in [0.1, 0.15) is 6.04 Å². The minimum atomic E-state index is -0.913. The number of amides is 2. The molecule has 2 atom stereocenters. The molecule has 0 radical (unpaired) electrons. The zero-order valence-corrected chi connectivity index (χ0v) is 12.4. The van der Waals surface area contributed by atoms with E-state index in [4.69, 9.17) is 0 Å². The SMILES string of the molecule is CCC(NC(=O)N1CCCCC1C(=O)O)c1cccs1. The molecule has 1 aliphatic heterocycles. The van der Waals surface area contributed by atoms with E-state index in [0.717, 1.165) is 24.1 Å². The summed E-state index contributed by atoms with van der Waals surface area (Å²) in [4.78, 5) is 26.1. The number of carbonyl (C=O) groups excluding carboxylic acids is 1. The second-order valence-electron chi connectivity index (χ2n) is 4.97. The van der Waals surface area contributed by atoms with Gasteiger partial charge in [-0.05, 0) is 37.1 Å². The Morgan fingerprint density at radius 3 is 2.95 bits per heavy atom. The van der Waals surface area contributed by atoms with E-state index in [-0.39, 0.29) is 12.1 Å². The topological polar surface area (TPSA) is 69.6 Å². The van der Waals surface area contributed by atoms with Crippen LogP contribution in [0, 0.1) is 0 Å². The molecule has 2 amide bonds. The number of urea groups is 1. The smallest absolute Gasteiger partial charge is 0.326 e. The van der Waals surface area contributed by atoms with Gasteiger partial charge in [-0.2, -0.15) is 0 Å². The van der Waals surface area contributed by atoms with Crippen LogP contribution in [-0.2, 0) is 4.79 Å². The van der Waals surface area contributed by atoms with Crippen molar-refractivity contribution in [3.05, 3.63) is 22.4 Å². The fourth-order valence-corrected chi connectivity index (χ4v) is 3.39. The van der Waals surface area contributed by atoms with Gasteiger partial charge in [-0.25, -0.2) is 9.59 Å². The number of aliphatic carboxylic acids is 1. The second-order valence-corrected chi connectivity index (χ2v) is 5.95. The molecular formula is C14H20N2O3S. The van der Waals surface area contributed by atoms with Gasteiger partial charge in [0, 0.05) is 11.4 Å². The monoisotopic (exact) mass is 296 g/mol. The average molecular weight is 296 g/mol. The third-order valence-corrected chi connectivity index (χ3v) is 4.63. The molecule has 2 rings (SSSR count). The van der Waals surface area contributed by atoms with Gasteiger partial charge in [0.05, 0.1) is 6.04 Å². The Balaban J connectivity index is 2.04. The van der Waals surface area contributed by atoms with Gasteiger partial charge in [0.25, 0.3) is 0 Å². The number of rotatable bonds is 4. The highest BCUT2D eigenvalue weighted by Gasteiger charge is 2.32. The standard InChI is InChI=1S/C14H20N2O3S/c1-2-10(12-7-5-9-20-12)15-14(19)16-8-4-3-6-11(16)13(17)18/h5,7,9-11H,2-4,6,8H2,1H3,(H,15,19)(H,17,18). The Kier molecular flexibility index (Phi) is 5.00. The molecule has 1 aromatic rings. The van der Waals surface area contributed by atoms with Crippen LogP contribution in [0.25, 0.3) is 0 Å². The Morgan fingerprint density at radius 1 is 1.55 bits per heavy atom. The molecule has 2 unspecified atom stereocenters. The number of nitrogens with zero attached hydrogens (tertiary/aromatic N) is 1. The summed E-state index contributed by atoms with van der Waals surface area (Å²) < 4.78 is 0. The van der Waals surface area contributed by atoms with E-state index in [0.29, 0.717) is 13.0 Å². The molecule has 0 aliphatic carbocycles. The average Bonchev–Trinajstić information content (AvgIpc) is 2.98. The molecule has 0 spiro atoms. The van der Waals surface area contributed by atoms with E-state index in [2.05, 4.69) is 5.32 Å². The minimum absolute atomic E-state index is 0.0427. The number of hydrogen-bond donors (Lipinski definition) is 2. The zero-order valence-electron chi connectivity index (χ0n) is 11.5. The first kappa shape index (κ1) is 14.8. The van der Waals surface area contributed by atoms with Crippen LogP contribution in [0.5, 0.6) is 0 Å². The van der Waals surface area contributed by atoms with Crippen LogP contribution in [0.4, 0.5) is 4.79 Å². The van der Waals surface area contributed by atoms with Gasteiger partial charge in [-0.1, -0.05) is 13.0 Å². The number of carboxylic acid groups (broad SMARTS) is 1. The first-order valence-electron chi connectivity index (χ1n) is 6.96. The van der Waals surface area contributed by atoms with Crippen LogP contribution >= 0.6 is 11.3 Å². The second kappa shape index (κ2) is 6.74. The van der Waals surface area contributed by atoms with E-state index in [1.54, 1.807) is 11.3 Å². The number of piperidine rings is 1. The van der Waals surface area contributed by atoms with Gasteiger partial charge in [-0.15, -0.1) is 11.3 Å². The summed E-state index contributed by atoms with van der Waals surface area (Å²) in [7, 11) is 0.